The van der Waals surface area contributed by atoms with E-state index in [1.54, 1.807) is 0 Å². The van der Waals surface area contributed by atoms with E-state index in [0.717, 1.165) is 31.1 Å². The van der Waals surface area contributed by atoms with Gasteiger partial charge in [-0.3, -0.25) is 4.79 Å². The highest BCUT2D eigenvalue weighted by molar-refractivity contribution is 5.88. The molecule has 0 saturated carbocycles. The largest absolute Gasteiger partial charge is 0.298 e. The third-order valence-electron chi connectivity index (χ3n) is 3.28. The summed E-state index contributed by atoms with van der Waals surface area (Å²) >= 11 is 0. The van der Waals surface area contributed by atoms with Crippen molar-refractivity contribution in [2.24, 2.45) is 0 Å². The van der Waals surface area contributed by atoms with Gasteiger partial charge in [-0.25, -0.2) is 0 Å². The van der Waals surface area contributed by atoms with Crippen LogP contribution in [0.15, 0.2) is 35.9 Å². The number of carbonyl (C=O) groups excluding carboxylic acids is 1. The second kappa shape index (κ2) is 5.64. The molecule has 0 bridgehead atoms. The van der Waals surface area contributed by atoms with Crippen LogP contribution in [0.25, 0.3) is 5.57 Å². The number of hydrogen-bond donors (Lipinski definition) is 0. The summed E-state index contributed by atoms with van der Waals surface area (Å²) < 4.78 is 0. The van der Waals surface area contributed by atoms with E-state index in [1.165, 1.54) is 30.4 Å². The molecule has 0 aliphatic heterocycles. The van der Waals surface area contributed by atoms with E-state index in [-0.39, 0.29) is 0 Å². The van der Waals surface area contributed by atoms with E-state index >= 15 is 0 Å². The summed E-state index contributed by atoms with van der Waals surface area (Å²) in [5.74, 6) is 0. The van der Waals surface area contributed by atoms with Gasteiger partial charge < -0.3 is 0 Å². The molecule has 0 saturated heterocycles. The molecule has 0 spiro atoms. The maximum Gasteiger partial charge on any atom is 0.146 e. The minimum absolute atomic E-state index is 0.952. The molecule has 0 unspecified atom stereocenters. The van der Waals surface area contributed by atoms with E-state index in [1.807, 2.05) is 18.2 Å². The van der Waals surface area contributed by atoms with Gasteiger partial charge in [-0.1, -0.05) is 43.2 Å². The molecule has 1 aromatic rings. The van der Waals surface area contributed by atoms with Crippen LogP contribution in [0.2, 0.25) is 0 Å². The smallest absolute Gasteiger partial charge is 0.146 e. The van der Waals surface area contributed by atoms with Gasteiger partial charge in [0.2, 0.25) is 0 Å². The molecular formula is C15H18O. The van der Waals surface area contributed by atoms with Crippen molar-refractivity contribution in [1.29, 1.82) is 0 Å². The van der Waals surface area contributed by atoms with E-state index in [2.05, 4.69) is 12.1 Å². The predicted molar refractivity (Wildman–Crippen MR) is 67.1 cm³/mol. The number of rotatable bonds is 2. The average molecular weight is 214 g/mol. The molecule has 0 radical (unpaired) electrons. The SMILES string of the molecule is O=C/C1=C(\c2ccccc2)CCCCCC1. The Morgan fingerprint density at radius 2 is 1.56 bits per heavy atom. The third-order valence-corrected chi connectivity index (χ3v) is 3.28. The Bertz CT molecular complexity index is 376. The molecule has 2 rings (SSSR count). The molecule has 0 amide bonds. The number of hydrogen-bond acceptors (Lipinski definition) is 1. The zero-order valence-corrected chi connectivity index (χ0v) is 9.61. The number of benzene rings is 1. The first-order valence-electron chi connectivity index (χ1n) is 6.14. The van der Waals surface area contributed by atoms with E-state index < -0.39 is 0 Å². The van der Waals surface area contributed by atoms with E-state index in [0.29, 0.717) is 0 Å². The van der Waals surface area contributed by atoms with Crippen molar-refractivity contribution in [3.63, 3.8) is 0 Å². The van der Waals surface area contributed by atoms with Crippen LogP contribution in [-0.4, -0.2) is 6.29 Å². The Morgan fingerprint density at radius 3 is 2.25 bits per heavy atom. The highest BCUT2D eigenvalue weighted by Gasteiger charge is 2.11. The van der Waals surface area contributed by atoms with Crippen LogP contribution in [0.3, 0.4) is 0 Å². The summed E-state index contributed by atoms with van der Waals surface area (Å²) in [5.41, 5.74) is 3.52. The molecule has 0 heterocycles. The fourth-order valence-electron chi connectivity index (χ4n) is 2.38. The Balaban J connectivity index is 2.35. The molecule has 1 aromatic carbocycles. The Kier molecular flexibility index (Phi) is 3.92. The molecule has 16 heavy (non-hydrogen) atoms. The van der Waals surface area contributed by atoms with Crippen molar-refractivity contribution in [3.8, 4) is 0 Å². The molecule has 1 nitrogen and oxygen atoms in total. The lowest BCUT2D eigenvalue weighted by molar-refractivity contribution is -0.105. The molecule has 84 valence electrons. The summed E-state index contributed by atoms with van der Waals surface area (Å²) in [6.45, 7) is 0. The van der Waals surface area contributed by atoms with Gasteiger partial charge in [-0.05, 0) is 42.4 Å². The van der Waals surface area contributed by atoms with E-state index in [4.69, 9.17) is 0 Å². The quantitative estimate of drug-likeness (QED) is 0.680. The number of aldehydes is 1. The predicted octanol–water partition coefficient (Wildman–Crippen LogP) is 3.99. The van der Waals surface area contributed by atoms with Gasteiger partial charge in [0.05, 0.1) is 0 Å². The summed E-state index contributed by atoms with van der Waals surface area (Å²) in [6, 6.07) is 10.3. The molecule has 0 aromatic heterocycles. The van der Waals surface area contributed by atoms with Gasteiger partial charge in [0.25, 0.3) is 0 Å². The first kappa shape index (κ1) is 11.1. The van der Waals surface area contributed by atoms with Gasteiger partial charge in [-0.15, -0.1) is 0 Å². The zero-order chi connectivity index (χ0) is 11.2. The fraction of sp³-hybridized carbons (Fsp3) is 0.400. The van der Waals surface area contributed by atoms with Crippen molar-refractivity contribution < 1.29 is 4.79 Å². The molecule has 1 aliphatic carbocycles. The highest BCUT2D eigenvalue weighted by Crippen LogP contribution is 2.29. The van der Waals surface area contributed by atoms with Gasteiger partial charge in [-0.2, -0.15) is 0 Å². The Morgan fingerprint density at radius 1 is 0.875 bits per heavy atom. The van der Waals surface area contributed by atoms with Crippen LogP contribution < -0.4 is 0 Å². The molecule has 1 aliphatic rings. The van der Waals surface area contributed by atoms with Gasteiger partial charge in [0, 0.05) is 0 Å². The van der Waals surface area contributed by atoms with Crippen molar-refractivity contribution >= 4 is 11.9 Å². The lowest BCUT2D eigenvalue weighted by atomic mass is 9.90. The van der Waals surface area contributed by atoms with Crippen LogP contribution in [0.4, 0.5) is 0 Å². The lowest BCUT2D eigenvalue weighted by Gasteiger charge is -2.15. The summed E-state index contributed by atoms with van der Waals surface area (Å²) in [7, 11) is 0. The van der Waals surface area contributed by atoms with Crippen LogP contribution in [0, 0.1) is 0 Å². The van der Waals surface area contributed by atoms with E-state index in [9.17, 15) is 4.79 Å². The van der Waals surface area contributed by atoms with Gasteiger partial charge in [0.15, 0.2) is 0 Å². The normalized spacial score (nSPS) is 22.2. The molecule has 0 fully saturated rings. The lowest BCUT2D eigenvalue weighted by Crippen LogP contribution is -1.98. The minimum Gasteiger partial charge on any atom is -0.298 e. The monoisotopic (exact) mass is 214 g/mol. The Hall–Kier alpha value is -1.37. The first-order chi connectivity index (χ1) is 7.92. The van der Waals surface area contributed by atoms with Crippen LogP contribution >= 0.6 is 0 Å². The summed E-state index contributed by atoms with van der Waals surface area (Å²) in [6.07, 6.45) is 7.99. The van der Waals surface area contributed by atoms with Gasteiger partial charge >= 0.3 is 0 Å². The zero-order valence-electron chi connectivity index (χ0n) is 9.61. The number of allylic oxidation sites excluding steroid dienone is 2. The standard InChI is InChI=1S/C15H18O/c16-12-14-10-4-1-2-7-11-15(14)13-8-5-3-6-9-13/h3,5-6,8-9,12H,1-2,4,7,10-11H2/b15-14-. The van der Waals surface area contributed by atoms with Gasteiger partial charge in [0.1, 0.15) is 6.29 Å². The van der Waals surface area contributed by atoms with Crippen LogP contribution in [0.1, 0.15) is 44.1 Å². The maximum absolute atomic E-state index is 11.2. The first-order valence-corrected chi connectivity index (χ1v) is 6.14. The molecule has 1 heteroatoms. The van der Waals surface area contributed by atoms with Crippen molar-refractivity contribution in [3.05, 3.63) is 41.5 Å². The average Bonchev–Trinajstić information content (AvgIpc) is 2.30. The second-order valence-electron chi connectivity index (χ2n) is 4.40. The maximum atomic E-state index is 11.2. The summed E-state index contributed by atoms with van der Waals surface area (Å²) in [4.78, 5) is 11.2. The van der Waals surface area contributed by atoms with Crippen LogP contribution in [-0.2, 0) is 4.79 Å². The molecular weight excluding hydrogens is 196 g/mol. The number of carbonyl (C=O) groups is 1. The van der Waals surface area contributed by atoms with Crippen LogP contribution in [0.5, 0.6) is 0 Å². The molecule has 0 atom stereocenters. The molecule has 0 N–H and O–H groups in total. The van der Waals surface area contributed by atoms with Crippen molar-refractivity contribution in [2.45, 2.75) is 38.5 Å². The summed E-state index contributed by atoms with van der Waals surface area (Å²) in [5, 5.41) is 0. The highest BCUT2D eigenvalue weighted by atomic mass is 16.1. The second-order valence-corrected chi connectivity index (χ2v) is 4.40. The Labute approximate surface area is 97.2 Å². The van der Waals surface area contributed by atoms with Crippen molar-refractivity contribution in [1.82, 2.24) is 0 Å². The van der Waals surface area contributed by atoms with Crippen molar-refractivity contribution in [2.75, 3.05) is 0 Å². The minimum atomic E-state index is 0.952. The third kappa shape index (κ3) is 2.60. The fourth-order valence-corrected chi connectivity index (χ4v) is 2.38. The topological polar surface area (TPSA) is 17.1 Å².